The summed E-state index contributed by atoms with van der Waals surface area (Å²) in [5.41, 5.74) is 0. The molecular weight excluding hydrogens is 144 g/mol. The van der Waals surface area contributed by atoms with Crippen LogP contribution in [-0.4, -0.2) is 0 Å². The van der Waals surface area contributed by atoms with E-state index in [9.17, 15) is 0 Å². The smallest absolute Gasteiger partial charge is 0.0163 e. The summed E-state index contributed by atoms with van der Waals surface area (Å²) in [7, 11) is 0. The van der Waals surface area contributed by atoms with Gasteiger partial charge in [0.15, 0.2) is 0 Å². The Bertz CT molecular complexity index is 143. The van der Waals surface area contributed by atoms with Crippen LogP contribution in [0.5, 0.6) is 0 Å². The van der Waals surface area contributed by atoms with E-state index in [0.29, 0.717) is 0 Å². The van der Waals surface area contributed by atoms with Gasteiger partial charge in [0, 0.05) is 0 Å². The molecule has 2 aliphatic carbocycles. The second kappa shape index (κ2) is 8.32. The summed E-state index contributed by atoms with van der Waals surface area (Å²) in [4.78, 5) is 0. The fourth-order valence-electron chi connectivity index (χ4n) is 1.15. The molecule has 0 saturated carbocycles. The molecule has 0 fully saturated rings. The predicted octanol–water partition coefficient (Wildman–Crippen LogP) is 4.26. The Morgan fingerprint density at radius 3 is 1.33 bits per heavy atom. The zero-order chi connectivity index (χ0) is 7.78. The van der Waals surface area contributed by atoms with Gasteiger partial charge in [0.25, 0.3) is 0 Å². The maximum atomic E-state index is 2.27. The summed E-state index contributed by atoms with van der Waals surface area (Å²) in [6.45, 7) is 0. The molecule has 0 heteroatoms. The number of rotatable bonds is 0. The van der Waals surface area contributed by atoms with Crippen LogP contribution in [0.4, 0.5) is 0 Å². The largest absolute Gasteiger partial charge is 0.0885 e. The van der Waals surface area contributed by atoms with Crippen LogP contribution in [0, 0.1) is 0 Å². The van der Waals surface area contributed by atoms with E-state index in [2.05, 4.69) is 36.5 Å². The molecule has 0 aromatic rings. The van der Waals surface area contributed by atoms with Gasteiger partial charge in [0.2, 0.25) is 0 Å². The Kier molecular flexibility index (Phi) is 7.78. The Morgan fingerprint density at radius 1 is 0.667 bits per heavy atom. The molecule has 0 radical (unpaired) electrons. The Balaban J connectivity index is 0.000000189. The maximum Gasteiger partial charge on any atom is -0.0163 e. The van der Waals surface area contributed by atoms with E-state index in [0.717, 1.165) is 6.42 Å². The molecule has 68 valence electrons. The minimum atomic E-state index is 0. The molecule has 0 nitrogen and oxygen atoms in total. The van der Waals surface area contributed by atoms with Gasteiger partial charge in [-0.25, -0.2) is 0 Å². The number of allylic oxidation sites excluding steroid dienone is 6. The Morgan fingerprint density at radius 2 is 1.17 bits per heavy atom. The first-order chi connectivity index (χ1) is 5.50. The van der Waals surface area contributed by atoms with E-state index >= 15 is 0 Å². The van der Waals surface area contributed by atoms with Crippen LogP contribution in [0.15, 0.2) is 36.5 Å². The van der Waals surface area contributed by atoms with E-state index in [1.165, 1.54) is 25.7 Å². The van der Waals surface area contributed by atoms with Crippen molar-refractivity contribution in [2.45, 2.75) is 39.5 Å². The fourth-order valence-corrected chi connectivity index (χ4v) is 1.15. The van der Waals surface area contributed by atoms with Gasteiger partial charge in [0.1, 0.15) is 0 Å². The number of hydrogen-bond acceptors (Lipinski definition) is 0. The molecule has 0 saturated heterocycles. The maximum absolute atomic E-state index is 2.27. The van der Waals surface area contributed by atoms with Gasteiger partial charge in [-0.1, -0.05) is 43.9 Å². The molecule has 0 amide bonds. The molecule has 0 aliphatic heterocycles. The molecule has 2 rings (SSSR count). The SMILES string of the molecule is C.C1=CCC=C1.C1=CCCCC1. The normalized spacial score (nSPS) is 18.0. The van der Waals surface area contributed by atoms with E-state index in [1.807, 2.05) is 0 Å². The molecule has 0 spiro atoms. The first-order valence-corrected chi connectivity index (χ1v) is 4.47. The Hall–Kier alpha value is -0.780. The highest BCUT2D eigenvalue weighted by Gasteiger charge is 1.87. The third-order valence-electron chi connectivity index (χ3n) is 1.81. The standard InChI is InChI=1S/C6H10.C5H6.CH4/c1-2-4-6-5-3-1;1-2-4-5-3-1;/h1-2H,3-6H2;1-4H,5H2;1H4. The highest BCUT2D eigenvalue weighted by atomic mass is 13.9. The van der Waals surface area contributed by atoms with Crippen LogP contribution >= 0.6 is 0 Å². The van der Waals surface area contributed by atoms with Gasteiger partial charge in [-0.15, -0.1) is 0 Å². The predicted molar refractivity (Wildman–Crippen MR) is 57.2 cm³/mol. The zero-order valence-electron chi connectivity index (χ0n) is 7.00. The van der Waals surface area contributed by atoms with Crippen LogP contribution in [0.2, 0.25) is 0 Å². The van der Waals surface area contributed by atoms with Gasteiger partial charge in [-0.05, 0) is 32.1 Å². The molecular formula is C12H20. The lowest BCUT2D eigenvalue weighted by Crippen LogP contribution is -1.77. The van der Waals surface area contributed by atoms with Gasteiger partial charge in [-0.3, -0.25) is 0 Å². The summed E-state index contributed by atoms with van der Waals surface area (Å²) in [5.74, 6) is 0. The second-order valence-corrected chi connectivity index (χ2v) is 2.85. The highest BCUT2D eigenvalue weighted by Crippen LogP contribution is 2.07. The molecule has 0 atom stereocenters. The van der Waals surface area contributed by atoms with Gasteiger partial charge >= 0.3 is 0 Å². The van der Waals surface area contributed by atoms with Crippen molar-refractivity contribution in [1.29, 1.82) is 0 Å². The van der Waals surface area contributed by atoms with E-state index < -0.39 is 0 Å². The van der Waals surface area contributed by atoms with Crippen molar-refractivity contribution in [3.8, 4) is 0 Å². The first-order valence-electron chi connectivity index (χ1n) is 4.47. The van der Waals surface area contributed by atoms with Crippen molar-refractivity contribution >= 4 is 0 Å². The molecule has 12 heavy (non-hydrogen) atoms. The third-order valence-corrected chi connectivity index (χ3v) is 1.81. The van der Waals surface area contributed by atoms with Crippen molar-refractivity contribution < 1.29 is 0 Å². The Labute approximate surface area is 76.7 Å². The average molecular weight is 164 g/mol. The van der Waals surface area contributed by atoms with Crippen molar-refractivity contribution in [3.63, 3.8) is 0 Å². The molecule has 0 aromatic heterocycles. The minimum absolute atomic E-state index is 0. The van der Waals surface area contributed by atoms with Gasteiger partial charge in [0.05, 0.1) is 0 Å². The molecule has 0 aromatic carbocycles. The zero-order valence-corrected chi connectivity index (χ0v) is 7.00. The van der Waals surface area contributed by atoms with Crippen molar-refractivity contribution in [3.05, 3.63) is 36.5 Å². The summed E-state index contributed by atoms with van der Waals surface area (Å²) < 4.78 is 0. The van der Waals surface area contributed by atoms with Crippen LogP contribution in [0.1, 0.15) is 39.5 Å². The lowest BCUT2D eigenvalue weighted by Gasteiger charge is -1.97. The molecule has 2 aliphatic rings. The summed E-state index contributed by atoms with van der Waals surface area (Å²) in [6.07, 6.45) is 19.5. The lowest BCUT2D eigenvalue weighted by atomic mass is 10.1. The van der Waals surface area contributed by atoms with Crippen LogP contribution in [0.3, 0.4) is 0 Å². The molecule has 0 heterocycles. The van der Waals surface area contributed by atoms with Gasteiger partial charge in [-0.2, -0.15) is 0 Å². The topological polar surface area (TPSA) is 0 Å². The van der Waals surface area contributed by atoms with Crippen LogP contribution < -0.4 is 0 Å². The third kappa shape index (κ3) is 5.96. The summed E-state index contributed by atoms with van der Waals surface area (Å²) in [6, 6.07) is 0. The highest BCUT2D eigenvalue weighted by molar-refractivity contribution is 5.11. The summed E-state index contributed by atoms with van der Waals surface area (Å²) >= 11 is 0. The van der Waals surface area contributed by atoms with Crippen molar-refractivity contribution in [2.75, 3.05) is 0 Å². The van der Waals surface area contributed by atoms with E-state index in [1.54, 1.807) is 0 Å². The second-order valence-electron chi connectivity index (χ2n) is 2.85. The van der Waals surface area contributed by atoms with Gasteiger partial charge < -0.3 is 0 Å². The fraction of sp³-hybridized carbons (Fsp3) is 0.500. The minimum Gasteiger partial charge on any atom is -0.0885 e. The number of hydrogen-bond donors (Lipinski definition) is 0. The van der Waals surface area contributed by atoms with Crippen LogP contribution in [0.25, 0.3) is 0 Å². The van der Waals surface area contributed by atoms with Crippen molar-refractivity contribution in [1.82, 2.24) is 0 Å². The molecule has 0 N–H and O–H groups in total. The van der Waals surface area contributed by atoms with E-state index in [4.69, 9.17) is 0 Å². The van der Waals surface area contributed by atoms with Crippen molar-refractivity contribution in [2.24, 2.45) is 0 Å². The lowest BCUT2D eigenvalue weighted by molar-refractivity contribution is 0.730. The molecule has 0 unspecified atom stereocenters. The average Bonchev–Trinajstić information content (AvgIpc) is 2.64. The van der Waals surface area contributed by atoms with Crippen LogP contribution in [-0.2, 0) is 0 Å². The quantitative estimate of drug-likeness (QED) is 0.469. The first kappa shape index (κ1) is 11.2. The van der Waals surface area contributed by atoms with E-state index in [-0.39, 0.29) is 7.43 Å². The monoisotopic (exact) mass is 164 g/mol. The molecule has 0 bridgehead atoms. The summed E-state index contributed by atoms with van der Waals surface area (Å²) in [5, 5.41) is 0.